The Balaban J connectivity index is 2.17. The summed E-state index contributed by atoms with van der Waals surface area (Å²) in [5.41, 5.74) is 7.40. The van der Waals surface area contributed by atoms with E-state index in [0.717, 1.165) is 11.3 Å². The second kappa shape index (κ2) is 6.95. The number of rotatable bonds is 5. The van der Waals surface area contributed by atoms with Gasteiger partial charge in [0.2, 0.25) is 5.91 Å². The number of pyridine rings is 1. The van der Waals surface area contributed by atoms with E-state index >= 15 is 0 Å². The maximum absolute atomic E-state index is 12.6. The van der Waals surface area contributed by atoms with Gasteiger partial charge in [-0.15, -0.1) is 0 Å². The molecule has 0 radical (unpaired) electrons. The van der Waals surface area contributed by atoms with Gasteiger partial charge in [0.1, 0.15) is 5.92 Å². The Bertz CT molecular complexity index is 616. The Morgan fingerprint density at radius 1 is 1.24 bits per heavy atom. The first-order valence-electron chi connectivity index (χ1n) is 6.58. The fourth-order valence-corrected chi connectivity index (χ4v) is 2.34. The van der Waals surface area contributed by atoms with E-state index in [-0.39, 0.29) is 10.9 Å². The van der Waals surface area contributed by atoms with Crippen molar-refractivity contribution in [3.63, 3.8) is 0 Å². The number of amides is 1. The number of hydrogen-bond donors (Lipinski definition) is 1. The molecule has 1 aromatic heterocycles. The van der Waals surface area contributed by atoms with Crippen LogP contribution < -0.4 is 5.73 Å². The van der Waals surface area contributed by atoms with Crippen LogP contribution in [0.15, 0.2) is 54.7 Å². The molecular weight excluding hydrogens is 282 g/mol. The van der Waals surface area contributed by atoms with Crippen LogP contribution in [0.5, 0.6) is 0 Å². The molecule has 0 aliphatic carbocycles. The molecule has 108 valence electrons. The van der Waals surface area contributed by atoms with Crippen molar-refractivity contribution in [3.8, 4) is 0 Å². The standard InChI is InChI=1S/C16H17N3OS/c1-19(11-13-9-5-6-10-18-13)16(20)14(15(17)21)12-7-3-2-4-8-12/h2-10,14H,11H2,1H3,(H2,17,21). The normalized spacial score (nSPS) is 11.7. The van der Waals surface area contributed by atoms with E-state index in [9.17, 15) is 4.79 Å². The Labute approximate surface area is 129 Å². The third-order valence-electron chi connectivity index (χ3n) is 3.17. The van der Waals surface area contributed by atoms with Crippen LogP contribution >= 0.6 is 12.2 Å². The number of nitrogens with two attached hydrogens (primary N) is 1. The molecule has 1 unspecified atom stereocenters. The van der Waals surface area contributed by atoms with Gasteiger partial charge in [0.15, 0.2) is 0 Å². The molecule has 2 aromatic rings. The predicted octanol–water partition coefficient (Wildman–Crippen LogP) is 2.11. The predicted molar refractivity (Wildman–Crippen MR) is 86.7 cm³/mol. The van der Waals surface area contributed by atoms with Gasteiger partial charge in [-0.1, -0.05) is 48.6 Å². The first kappa shape index (κ1) is 15.1. The first-order chi connectivity index (χ1) is 10.1. The summed E-state index contributed by atoms with van der Waals surface area (Å²) >= 11 is 5.07. The molecule has 5 heteroatoms. The van der Waals surface area contributed by atoms with Gasteiger partial charge in [-0.3, -0.25) is 9.78 Å². The summed E-state index contributed by atoms with van der Waals surface area (Å²) in [5.74, 6) is -0.728. The number of carbonyl (C=O) groups is 1. The number of nitrogens with zero attached hydrogens (tertiary/aromatic N) is 2. The van der Waals surface area contributed by atoms with Crippen molar-refractivity contribution >= 4 is 23.1 Å². The first-order valence-corrected chi connectivity index (χ1v) is 6.99. The Hall–Kier alpha value is -2.27. The van der Waals surface area contributed by atoms with E-state index < -0.39 is 5.92 Å². The second-order valence-electron chi connectivity index (χ2n) is 4.76. The van der Waals surface area contributed by atoms with Gasteiger partial charge in [0, 0.05) is 13.2 Å². The minimum atomic E-state index is -0.602. The number of carbonyl (C=O) groups excluding carboxylic acids is 1. The van der Waals surface area contributed by atoms with Gasteiger partial charge in [-0.25, -0.2) is 0 Å². The molecule has 2 rings (SSSR count). The van der Waals surface area contributed by atoms with Crippen molar-refractivity contribution in [2.75, 3.05) is 7.05 Å². The average Bonchev–Trinajstić information content (AvgIpc) is 2.49. The van der Waals surface area contributed by atoms with Gasteiger partial charge < -0.3 is 10.6 Å². The van der Waals surface area contributed by atoms with Crippen molar-refractivity contribution < 1.29 is 4.79 Å². The zero-order valence-corrected chi connectivity index (χ0v) is 12.6. The summed E-state index contributed by atoms with van der Waals surface area (Å²) in [6, 6.07) is 15.0. The Morgan fingerprint density at radius 3 is 2.48 bits per heavy atom. The van der Waals surface area contributed by atoms with Crippen LogP contribution in [0.1, 0.15) is 17.2 Å². The van der Waals surface area contributed by atoms with Gasteiger partial charge in [0.05, 0.1) is 17.2 Å². The third kappa shape index (κ3) is 3.86. The molecule has 4 nitrogen and oxygen atoms in total. The topological polar surface area (TPSA) is 59.2 Å². The molecule has 0 bridgehead atoms. The monoisotopic (exact) mass is 299 g/mol. The molecule has 2 N–H and O–H groups in total. The molecule has 1 atom stereocenters. The van der Waals surface area contributed by atoms with E-state index in [1.807, 2.05) is 48.5 Å². The summed E-state index contributed by atoms with van der Waals surface area (Å²) in [7, 11) is 1.73. The zero-order chi connectivity index (χ0) is 15.2. The Morgan fingerprint density at radius 2 is 1.90 bits per heavy atom. The number of likely N-dealkylation sites (N-methyl/N-ethyl adjacent to an activating group) is 1. The Kier molecular flexibility index (Phi) is 5.00. The van der Waals surface area contributed by atoms with E-state index in [1.54, 1.807) is 18.1 Å². The average molecular weight is 299 g/mol. The molecule has 1 amide bonds. The van der Waals surface area contributed by atoms with Crippen LogP contribution in [0.4, 0.5) is 0 Å². The minimum absolute atomic E-state index is 0.126. The van der Waals surface area contributed by atoms with Crippen molar-refractivity contribution in [1.82, 2.24) is 9.88 Å². The second-order valence-corrected chi connectivity index (χ2v) is 5.23. The van der Waals surface area contributed by atoms with Crippen molar-refractivity contribution in [1.29, 1.82) is 0 Å². The summed E-state index contributed by atoms with van der Waals surface area (Å²) in [6.45, 7) is 0.422. The summed E-state index contributed by atoms with van der Waals surface area (Å²) < 4.78 is 0. The summed E-state index contributed by atoms with van der Waals surface area (Å²) in [5, 5.41) is 0. The summed E-state index contributed by atoms with van der Waals surface area (Å²) in [6.07, 6.45) is 1.70. The molecule has 1 aromatic carbocycles. The molecule has 21 heavy (non-hydrogen) atoms. The van der Waals surface area contributed by atoms with E-state index in [4.69, 9.17) is 18.0 Å². The lowest BCUT2D eigenvalue weighted by Crippen LogP contribution is -2.37. The number of aromatic nitrogens is 1. The van der Waals surface area contributed by atoms with E-state index in [0.29, 0.717) is 6.54 Å². The maximum Gasteiger partial charge on any atom is 0.237 e. The summed E-state index contributed by atoms with van der Waals surface area (Å²) in [4.78, 5) is 18.6. The molecule has 0 aliphatic rings. The fourth-order valence-electron chi connectivity index (χ4n) is 2.11. The van der Waals surface area contributed by atoms with Crippen molar-refractivity contribution in [2.45, 2.75) is 12.5 Å². The highest BCUT2D eigenvalue weighted by molar-refractivity contribution is 7.80. The molecule has 0 saturated carbocycles. The van der Waals surface area contributed by atoms with Crippen LogP contribution in [-0.2, 0) is 11.3 Å². The van der Waals surface area contributed by atoms with Crippen LogP contribution in [0.2, 0.25) is 0 Å². The third-order valence-corrected chi connectivity index (χ3v) is 3.40. The maximum atomic E-state index is 12.6. The number of hydrogen-bond acceptors (Lipinski definition) is 3. The fraction of sp³-hybridized carbons (Fsp3) is 0.188. The number of benzene rings is 1. The lowest BCUT2D eigenvalue weighted by Gasteiger charge is -2.23. The van der Waals surface area contributed by atoms with Crippen LogP contribution in [0.3, 0.4) is 0 Å². The number of thiocarbonyl (C=S) groups is 1. The SMILES string of the molecule is CN(Cc1ccccn1)C(=O)C(C(N)=S)c1ccccc1. The molecule has 0 fully saturated rings. The van der Waals surface area contributed by atoms with Gasteiger partial charge >= 0.3 is 0 Å². The largest absolute Gasteiger partial charge is 0.392 e. The van der Waals surface area contributed by atoms with Gasteiger partial charge in [-0.05, 0) is 17.7 Å². The van der Waals surface area contributed by atoms with Crippen LogP contribution in [-0.4, -0.2) is 27.8 Å². The lowest BCUT2D eigenvalue weighted by molar-refractivity contribution is -0.130. The minimum Gasteiger partial charge on any atom is -0.392 e. The molecule has 0 spiro atoms. The quantitative estimate of drug-likeness (QED) is 0.859. The highest BCUT2D eigenvalue weighted by Gasteiger charge is 2.26. The van der Waals surface area contributed by atoms with Crippen LogP contribution in [0, 0.1) is 0 Å². The molecular formula is C16H17N3OS. The van der Waals surface area contributed by atoms with E-state index in [2.05, 4.69) is 4.98 Å². The highest BCUT2D eigenvalue weighted by atomic mass is 32.1. The molecule has 1 heterocycles. The van der Waals surface area contributed by atoms with Gasteiger partial charge in [-0.2, -0.15) is 0 Å². The zero-order valence-electron chi connectivity index (χ0n) is 11.8. The van der Waals surface area contributed by atoms with Crippen molar-refractivity contribution in [2.24, 2.45) is 5.73 Å². The van der Waals surface area contributed by atoms with Crippen molar-refractivity contribution in [3.05, 3.63) is 66.0 Å². The molecule has 0 aliphatic heterocycles. The lowest BCUT2D eigenvalue weighted by atomic mass is 9.97. The van der Waals surface area contributed by atoms with E-state index in [1.165, 1.54) is 0 Å². The van der Waals surface area contributed by atoms with Gasteiger partial charge in [0.25, 0.3) is 0 Å². The van der Waals surface area contributed by atoms with Crippen LogP contribution in [0.25, 0.3) is 0 Å². The smallest absolute Gasteiger partial charge is 0.237 e. The highest BCUT2D eigenvalue weighted by Crippen LogP contribution is 2.19. The molecule has 0 saturated heterocycles.